The van der Waals surface area contributed by atoms with Crippen molar-refractivity contribution in [2.24, 2.45) is 5.92 Å². The van der Waals surface area contributed by atoms with E-state index >= 15 is 0 Å². The van der Waals surface area contributed by atoms with Crippen molar-refractivity contribution in [1.82, 2.24) is 0 Å². The van der Waals surface area contributed by atoms with Crippen LogP contribution in [0.4, 0.5) is 0 Å². The molecule has 0 fully saturated rings. The molecule has 0 aliphatic heterocycles. The van der Waals surface area contributed by atoms with Gasteiger partial charge < -0.3 is 33.8 Å². The molecule has 3 N–H and O–H groups in total. The summed E-state index contributed by atoms with van der Waals surface area (Å²) in [5.74, 6) is -1.31. The van der Waals surface area contributed by atoms with Gasteiger partial charge >= 0.3 is 39.5 Å². The topological polar surface area (TPSA) is 237 Å². The van der Waals surface area contributed by atoms with Gasteiger partial charge in [0, 0.05) is 25.7 Å². The Morgan fingerprint density at radius 2 is 0.469 bits per heavy atom. The van der Waals surface area contributed by atoms with Crippen molar-refractivity contribution < 1.29 is 80.2 Å². The summed E-state index contributed by atoms with van der Waals surface area (Å²) in [7, 11) is -9.91. The van der Waals surface area contributed by atoms with E-state index in [1.807, 2.05) is 0 Å². The first-order valence-corrected chi connectivity index (χ1v) is 44.1. The van der Waals surface area contributed by atoms with Crippen molar-refractivity contribution in [3.8, 4) is 0 Å². The molecule has 0 aromatic rings. The number of rotatable bonds is 79. The summed E-state index contributed by atoms with van der Waals surface area (Å²) in [6.45, 7) is 7.30. The van der Waals surface area contributed by atoms with Crippen molar-refractivity contribution in [2.75, 3.05) is 39.6 Å². The Hall–Kier alpha value is -1.94. The molecule has 98 heavy (non-hydrogen) atoms. The molecule has 582 valence electrons. The number of aliphatic hydroxyl groups excluding tert-OH is 1. The van der Waals surface area contributed by atoms with Gasteiger partial charge in [0.2, 0.25) is 0 Å². The number of aliphatic hydroxyl groups is 1. The predicted molar refractivity (Wildman–Crippen MR) is 400 cm³/mol. The van der Waals surface area contributed by atoms with E-state index in [1.165, 1.54) is 231 Å². The van der Waals surface area contributed by atoms with Crippen LogP contribution in [0.1, 0.15) is 420 Å². The van der Waals surface area contributed by atoms with Gasteiger partial charge in [-0.2, -0.15) is 0 Å². The standard InChI is InChI=1S/C79H154O17P2/c1-6-9-12-15-18-20-22-24-26-27-28-29-31-37-41-45-50-55-60-65-79(84)96-75(69-90-77(82)63-58-53-48-43-39-35-33-32-34-38-42-47-51-56-61-72(4)5)71-94-98(87,88)92-67-73(80)66-91-97(85,86)93-70-74(68-89-76(81)62-57-52-46-17-14-11-8-3)95-78(83)64-59-54-49-44-40-36-30-25-23-21-19-16-13-10-7-2/h72-75,80H,6-71H2,1-5H3,(H,85,86)(H,87,88)/t73-,74+,75+/m0/s1. The third kappa shape index (κ3) is 72.4. The van der Waals surface area contributed by atoms with Gasteiger partial charge in [-0.25, -0.2) is 9.13 Å². The Balaban J connectivity index is 5.18. The molecule has 0 bridgehead atoms. The van der Waals surface area contributed by atoms with Crippen molar-refractivity contribution in [3.05, 3.63) is 0 Å². The molecule has 0 saturated heterocycles. The molecule has 0 aliphatic rings. The molecule has 2 unspecified atom stereocenters. The summed E-state index contributed by atoms with van der Waals surface area (Å²) in [6.07, 6.45) is 62.6. The van der Waals surface area contributed by atoms with Gasteiger partial charge in [-0.3, -0.25) is 37.3 Å². The molecule has 0 amide bonds. The van der Waals surface area contributed by atoms with Crippen LogP contribution in [-0.4, -0.2) is 96.7 Å². The fraction of sp³-hybridized carbons (Fsp3) is 0.949. The maximum absolute atomic E-state index is 13.1. The first-order chi connectivity index (χ1) is 47.5. The van der Waals surface area contributed by atoms with Crippen LogP contribution in [0.15, 0.2) is 0 Å². The van der Waals surface area contributed by atoms with Crippen LogP contribution in [0.3, 0.4) is 0 Å². The van der Waals surface area contributed by atoms with E-state index in [9.17, 15) is 43.2 Å². The van der Waals surface area contributed by atoms with Crippen LogP contribution < -0.4 is 0 Å². The molecule has 0 aliphatic carbocycles. The molecule has 0 aromatic carbocycles. The van der Waals surface area contributed by atoms with E-state index in [0.29, 0.717) is 25.7 Å². The lowest BCUT2D eigenvalue weighted by Gasteiger charge is -2.21. The fourth-order valence-electron chi connectivity index (χ4n) is 12.2. The van der Waals surface area contributed by atoms with E-state index in [0.717, 1.165) is 109 Å². The molecular weight excluding hydrogens is 1280 g/mol. The van der Waals surface area contributed by atoms with Gasteiger partial charge in [0.1, 0.15) is 19.3 Å². The molecule has 19 heteroatoms. The van der Waals surface area contributed by atoms with Crippen molar-refractivity contribution in [1.29, 1.82) is 0 Å². The highest BCUT2D eigenvalue weighted by Gasteiger charge is 2.30. The third-order valence-corrected chi connectivity index (χ3v) is 20.4. The number of phosphoric acid groups is 2. The van der Waals surface area contributed by atoms with E-state index in [1.54, 1.807) is 0 Å². The Morgan fingerprint density at radius 3 is 0.694 bits per heavy atom. The average Bonchev–Trinajstić information content (AvgIpc) is 1.18. The number of carbonyl (C=O) groups is 4. The van der Waals surface area contributed by atoms with Gasteiger partial charge in [-0.15, -0.1) is 0 Å². The maximum atomic E-state index is 13.1. The summed E-state index contributed by atoms with van der Waals surface area (Å²) >= 11 is 0. The van der Waals surface area contributed by atoms with Crippen LogP contribution >= 0.6 is 15.6 Å². The van der Waals surface area contributed by atoms with Crippen molar-refractivity contribution >= 4 is 39.5 Å². The second kappa shape index (κ2) is 72.0. The summed E-state index contributed by atoms with van der Waals surface area (Å²) < 4.78 is 68.5. The normalized spacial score (nSPS) is 13.9. The zero-order valence-electron chi connectivity index (χ0n) is 63.9. The lowest BCUT2D eigenvalue weighted by atomic mass is 10.0. The van der Waals surface area contributed by atoms with Gasteiger partial charge in [-0.05, 0) is 31.6 Å². The molecule has 0 saturated carbocycles. The predicted octanol–water partition coefficient (Wildman–Crippen LogP) is 23.6. The van der Waals surface area contributed by atoms with E-state index in [-0.39, 0.29) is 25.7 Å². The smallest absolute Gasteiger partial charge is 0.462 e. The van der Waals surface area contributed by atoms with Crippen molar-refractivity contribution in [2.45, 2.75) is 438 Å². The Morgan fingerprint density at radius 1 is 0.276 bits per heavy atom. The molecule has 0 radical (unpaired) electrons. The average molecular weight is 1440 g/mol. The molecule has 5 atom stereocenters. The van der Waals surface area contributed by atoms with Crippen molar-refractivity contribution in [3.63, 3.8) is 0 Å². The largest absolute Gasteiger partial charge is 0.472 e. The van der Waals surface area contributed by atoms with Crippen LogP contribution in [-0.2, 0) is 65.4 Å². The minimum absolute atomic E-state index is 0.108. The zero-order valence-corrected chi connectivity index (χ0v) is 65.7. The molecule has 0 rings (SSSR count). The zero-order chi connectivity index (χ0) is 71.9. The number of unbranched alkanes of at least 4 members (excludes halogenated alkanes) is 51. The first kappa shape index (κ1) is 96.1. The number of hydrogen-bond acceptors (Lipinski definition) is 15. The van der Waals surface area contributed by atoms with E-state index < -0.39 is 97.5 Å². The third-order valence-electron chi connectivity index (χ3n) is 18.5. The summed E-state index contributed by atoms with van der Waals surface area (Å²) in [6, 6.07) is 0. The maximum Gasteiger partial charge on any atom is 0.472 e. The highest BCUT2D eigenvalue weighted by molar-refractivity contribution is 7.47. The quantitative estimate of drug-likeness (QED) is 0.0222. The molecule has 0 spiro atoms. The lowest BCUT2D eigenvalue weighted by molar-refractivity contribution is -0.161. The fourth-order valence-corrected chi connectivity index (χ4v) is 13.8. The van der Waals surface area contributed by atoms with Crippen LogP contribution in [0.5, 0.6) is 0 Å². The Labute approximate surface area is 600 Å². The van der Waals surface area contributed by atoms with Crippen LogP contribution in [0.25, 0.3) is 0 Å². The first-order valence-electron chi connectivity index (χ1n) is 41.1. The lowest BCUT2D eigenvalue weighted by Crippen LogP contribution is -2.30. The minimum Gasteiger partial charge on any atom is -0.462 e. The van der Waals surface area contributed by atoms with Gasteiger partial charge in [0.15, 0.2) is 12.2 Å². The Kier molecular flexibility index (Phi) is 70.6. The second-order valence-corrected chi connectivity index (χ2v) is 31.8. The van der Waals surface area contributed by atoms with Gasteiger partial charge in [0.05, 0.1) is 26.4 Å². The number of phosphoric ester groups is 2. The summed E-state index contributed by atoms with van der Waals surface area (Å²) in [5.41, 5.74) is 0. The highest BCUT2D eigenvalue weighted by atomic mass is 31.2. The monoisotopic (exact) mass is 1440 g/mol. The number of esters is 4. The van der Waals surface area contributed by atoms with E-state index in [2.05, 4.69) is 34.6 Å². The second-order valence-electron chi connectivity index (χ2n) is 28.9. The number of carbonyl (C=O) groups excluding carboxylic acids is 4. The van der Waals surface area contributed by atoms with Crippen LogP contribution in [0.2, 0.25) is 0 Å². The number of ether oxygens (including phenoxy) is 4. The van der Waals surface area contributed by atoms with Gasteiger partial charge in [-0.1, -0.05) is 369 Å². The summed E-state index contributed by atoms with van der Waals surface area (Å²) in [4.78, 5) is 72.8. The van der Waals surface area contributed by atoms with Gasteiger partial charge in [0.25, 0.3) is 0 Å². The molecule has 0 heterocycles. The van der Waals surface area contributed by atoms with E-state index in [4.69, 9.17) is 37.0 Å². The SMILES string of the molecule is CCCCCCCCCCCCCCCCCCCCCC(=O)O[C@H](COC(=O)CCCCCCCCCCCCCCCCC(C)C)COP(=O)(O)OC[C@@H](O)COP(=O)(O)OC[C@@H](COC(=O)CCCCCCCCC)OC(=O)CCCCCCCCCCCCCCCCC. The molecule has 0 aromatic heterocycles. The van der Waals surface area contributed by atoms with Crippen LogP contribution in [0, 0.1) is 5.92 Å². The molecule has 17 nitrogen and oxygen atoms in total. The highest BCUT2D eigenvalue weighted by Crippen LogP contribution is 2.45. The number of hydrogen-bond donors (Lipinski definition) is 3. The Bertz CT molecular complexity index is 1870. The minimum atomic E-state index is -4.96. The molecular formula is C79H154O17P2. The summed E-state index contributed by atoms with van der Waals surface area (Å²) in [5, 5.41) is 10.6.